The van der Waals surface area contributed by atoms with Gasteiger partial charge in [0.15, 0.2) is 0 Å². The normalized spacial score (nSPS) is 16.4. The maximum absolute atomic E-state index is 12.0. The second-order valence-electron chi connectivity index (χ2n) is 4.21. The van der Waals surface area contributed by atoms with Crippen LogP contribution in [0.3, 0.4) is 0 Å². The standard InChI is InChI=1S/C11H15ClN2O.C2H6/c1-8-2-4-14(5-3-8)11(15)10-6-9(12)7-13-10;1-2/h6-8,13H,2-5H2,1H3;1-2H3. The molecule has 0 bridgehead atoms. The fourth-order valence-electron chi connectivity index (χ4n) is 1.87. The van der Waals surface area contributed by atoms with Crippen LogP contribution in [0.4, 0.5) is 0 Å². The second-order valence-corrected chi connectivity index (χ2v) is 4.64. The summed E-state index contributed by atoms with van der Waals surface area (Å²) in [5.41, 5.74) is 0.592. The van der Waals surface area contributed by atoms with Gasteiger partial charge < -0.3 is 9.88 Å². The van der Waals surface area contributed by atoms with Gasteiger partial charge in [0.05, 0.1) is 5.02 Å². The molecule has 4 heteroatoms. The largest absolute Gasteiger partial charge is 0.356 e. The van der Waals surface area contributed by atoms with Crippen molar-refractivity contribution in [3.8, 4) is 0 Å². The predicted octanol–water partition coefficient (Wildman–Crippen LogP) is 3.57. The van der Waals surface area contributed by atoms with Crippen molar-refractivity contribution in [1.82, 2.24) is 9.88 Å². The van der Waals surface area contributed by atoms with Crippen molar-refractivity contribution >= 4 is 17.5 Å². The summed E-state index contributed by atoms with van der Waals surface area (Å²) in [5.74, 6) is 0.801. The quantitative estimate of drug-likeness (QED) is 0.819. The fraction of sp³-hybridized carbons (Fsp3) is 0.615. The maximum atomic E-state index is 12.0. The highest BCUT2D eigenvalue weighted by Gasteiger charge is 2.22. The van der Waals surface area contributed by atoms with E-state index in [0.717, 1.165) is 31.8 Å². The first-order chi connectivity index (χ1) is 8.16. The van der Waals surface area contributed by atoms with Crippen molar-refractivity contribution in [2.24, 2.45) is 5.92 Å². The van der Waals surface area contributed by atoms with Gasteiger partial charge in [-0.2, -0.15) is 0 Å². The molecule has 2 rings (SSSR count). The molecule has 0 aliphatic carbocycles. The molecule has 1 amide bonds. The van der Waals surface area contributed by atoms with Crippen molar-refractivity contribution in [2.45, 2.75) is 33.6 Å². The van der Waals surface area contributed by atoms with Crippen molar-refractivity contribution in [3.63, 3.8) is 0 Å². The molecular formula is C13H21ClN2O. The van der Waals surface area contributed by atoms with Gasteiger partial charge in [0.25, 0.3) is 5.91 Å². The van der Waals surface area contributed by atoms with Crippen LogP contribution in [-0.4, -0.2) is 28.9 Å². The molecule has 0 atom stereocenters. The predicted molar refractivity (Wildman–Crippen MR) is 71.5 cm³/mol. The van der Waals surface area contributed by atoms with Crippen molar-refractivity contribution in [1.29, 1.82) is 0 Å². The van der Waals surface area contributed by atoms with E-state index in [1.54, 1.807) is 12.3 Å². The molecule has 2 heterocycles. The van der Waals surface area contributed by atoms with E-state index in [1.165, 1.54) is 0 Å². The molecule has 96 valence electrons. The van der Waals surface area contributed by atoms with Crippen LogP contribution in [0.15, 0.2) is 12.3 Å². The molecule has 1 N–H and O–H groups in total. The minimum atomic E-state index is 0.0637. The molecule has 0 unspecified atom stereocenters. The van der Waals surface area contributed by atoms with Crippen molar-refractivity contribution < 1.29 is 4.79 Å². The molecule has 1 saturated heterocycles. The minimum absolute atomic E-state index is 0.0637. The average molecular weight is 257 g/mol. The number of piperidine rings is 1. The summed E-state index contributed by atoms with van der Waals surface area (Å²) in [7, 11) is 0. The lowest BCUT2D eigenvalue weighted by Gasteiger charge is -2.29. The number of aromatic amines is 1. The van der Waals surface area contributed by atoms with Gasteiger partial charge in [-0.3, -0.25) is 4.79 Å². The van der Waals surface area contributed by atoms with Crippen LogP contribution >= 0.6 is 11.6 Å². The third-order valence-electron chi connectivity index (χ3n) is 2.95. The summed E-state index contributed by atoms with van der Waals surface area (Å²) in [5, 5.41) is 0.587. The van der Waals surface area contributed by atoms with Crippen LogP contribution < -0.4 is 0 Å². The van der Waals surface area contributed by atoms with E-state index in [2.05, 4.69) is 11.9 Å². The molecule has 1 aromatic rings. The maximum Gasteiger partial charge on any atom is 0.270 e. The third kappa shape index (κ3) is 3.77. The average Bonchev–Trinajstić information content (AvgIpc) is 2.79. The van der Waals surface area contributed by atoms with Gasteiger partial charge in [0.2, 0.25) is 0 Å². The van der Waals surface area contributed by atoms with Gasteiger partial charge >= 0.3 is 0 Å². The zero-order valence-electron chi connectivity index (χ0n) is 10.8. The Hall–Kier alpha value is -0.960. The number of hydrogen-bond donors (Lipinski definition) is 1. The zero-order chi connectivity index (χ0) is 12.8. The number of hydrogen-bond acceptors (Lipinski definition) is 1. The van der Waals surface area contributed by atoms with E-state index in [9.17, 15) is 4.79 Å². The van der Waals surface area contributed by atoms with Gasteiger partial charge in [0, 0.05) is 19.3 Å². The Morgan fingerprint density at radius 3 is 2.47 bits per heavy atom. The highest BCUT2D eigenvalue weighted by Crippen LogP contribution is 2.18. The summed E-state index contributed by atoms with van der Waals surface area (Å²) >= 11 is 5.76. The Morgan fingerprint density at radius 1 is 1.41 bits per heavy atom. The Labute approximate surface area is 108 Å². The number of nitrogens with zero attached hydrogens (tertiary/aromatic N) is 1. The molecule has 1 aromatic heterocycles. The van der Waals surface area contributed by atoms with E-state index < -0.39 is 0 Å². The summed E-state index contributed by atoms with van der Waals surface area (Å²) in [6, 6.07) is 1.68. The summed E-state index contributed by atoms with van der Waals surface area (Å²) in [4.78, 5) is 16.7. The lowest BCUT2D eigenvalue weighted by molar-refractivity contribution is 0.0692. The Morgan fingerprint density at radius 2 is 2.00 bits per heavy atom. The van der Waals surface area contributed by atoms with Crippen molar-refractivity contribution in [2.75, 3.05) is 13.1 Å². The van der Waals surface area contributed by atoms with Crippen molar-refractivity contribution in [3.05, 3.63) is 23.0 Å². The lowest BCUT2D eigenvalue weighted by atomic mass is 9.99. The first kappa shape index (κ1) is 14.1. The second kappa shape index (κ2) is 6.70. The van der Waals surface area contributed by atoms with E-state index in [1.807, 2.05) is 18.7 Å². The summed E-state index contributed by atoms with van der Waals surface area (Å²) in [6.45, 7) is 7.95. The highest BCUT2D eigenvalue weighted by molar-refractivity contribution is 6.30. The number of H-pyrrole nitrogens is 1. The topological polar surface area (TPSA) is 36.1 Å². The molecule has 1 fully saturated rings. The van der Waals surface area contributed by atoms with Crippen LogP contribution in [0, 0.1) is 5.92 Å². The van der Waals surface area contributed by atoms with Gasteiger partial charge in [-0.05, 0) is 24.8 Å². The highest BCUT2D eigenvalue weighted by atomic mass is 35.5. The minimum Gasteiger partial charge on any atom is -0.356 e. The molecule has 3 nitrogen and oxygen atoms in total. The molecule has 17 heavy (non-hydrogen) atoms. The number of halogens is 1. The van der Waals surface area contributed by atoms with Crippen LogP contribution in [0.1, 0.15) is 44.1 Å². The van der Waals surface area contributed by atoms with Crippen LogP contribution in [-0.2, 0) is 0 Å². The third-order valence-corrected chi connectivity index (χ3v) is 3.17. The smallest absolute Gasteiger partial charge is 0.270 e. The number of nitrogens with one attached hydrogen (secondary N) is 1. The number of carbonyl (C=O) groups excluding carboxylic acids is 1. The Kier molecular flexibility index (Phi) is 5.56. The van der Waals surface area contributed by atoms with E-state index >= 15 is 0 Å². The molecule has 0 spiro atoms. The van der Waals surface area contributed by atoms with Gasteiger partial charge in [-0.15, -0.1) is 0 Å². The van der Waals surface area contributed by atoms with E-state index in [0.29, 0.717) is 10.7 Å². The Balaban J connectivity index is 0.000000686. The summed E-state index contributed by atoms with van der Waals surface area (Å²) < 4.78 is 0. The number of aromatic nitrogens is 1. The first-order valence-electron chi connectivity index (χ1n) is 6.30. The molecule has 0 radical (unpaired) electrons. The lowest BCUT2D eigenvalue weighted by Crippen LogP contribution is -2.38. The molecular weight excluding hydrogens is 236 g/mol. The van der Waals surface area contributed by atoms with Crippen LogP contribution in [0.25, 0.3) is 0 Å². The van der Waals surface area contributed by atoms with Gasteiger partial charge in [-0.25, -0.2) is 0 Å². The molecule has 1 aliphatic heterocycles. The molecule has 0 aromatic carbocycles. The van der Waals surface area contributed by atoms with Crippen LogP contribution in [0.2, 0.25) is 5.02 Å². The van der Waals surface area contributed by atoms with E-state index in [-0.39, 0.29) is 5.91 Å². The Bertz CT molecular complexity index is 354. The number of carbonyl (C=O) groups is 1. The zero-order valence-corrected chi connectivity index (χ0v) is 11.5. The number of likely N-dealkylation sites (tertiary alicyclic amines) is 1. The monoisotopic (exact) mass is 256 g/mol. The molecule has 0 saturated carbocycles. The first-order valence-corrected chi connectivity index (χ1v) is 6.68. The molecule has 1 aliphatic rings. The number of amides is 1. The van der Waals surface area contributed by atoms with E-state index in [4.69, 9.17) is 11.6 Å². The number of rotatable bonds is 1. The van der Waals surface area contributed by atoms with Crippen LogP contribution in [0.5, 0.6) is 0 Å². The van der Waals surface area contributed by atoms with Gasteiger partial charge in [-0.1, -0.05) is 32.4 Å². The van der Waals surface area contributed by atoms with Gasteiger partial charge in [0.1, 0.15) is 5.69 Å². The SMILES string of the molecule is CC.CC1CCN(C(=O)c2cc(Cl)c[nH]2)CC1. The summed E-state index contributed by atoms with van der Waals surface area (Å²) in [6.07, 6.45) is 3.84. The fourth-order valence-corrected chi connectivity index (χ4v) is 2.04.